The number of nitrogens with zero attached hydrogens (tertiary/aromatic N) is 1. The molecule has 2 aromatic rings. The molecule has 0 bridgehead atoms. The average molecular weight is 245 g/mol. The van der Waals surface area contributed by atoms with Crippen LogP contribution in [-0.4, -0.2) is 10.8 Å². The minimum Gasteiger partial charge on any atom is -0.483 e. The fourth-order valence-electron chi connectivity index (χ4n) is 1.92. The summed E-state index contributed by atoms with van der Waals surface area (Å²) in [5, 5.41) is 0.881. The monoisotopic (exact) mass is 245 g/mol. The molecular weight excluding hydrogens is 234 g/mol. The summed E-state index contributed by atoms with van der Waals surface area (Å²) in [6.45, 7) is 1.56. The third-order valence-corrected chi connectivity index (χ3v) is 3.98. The third kappa shape index (κ3) is 1.85. The highest BCUT2D eigenvalue weighted by Gasteiger charge is 2.26. The van der Waals surface area contributed by atoms with Crippen LogP contribution < -0.4 is 4.74 Å². The summed E-state index contributed by atoms with van der Waals surface area (Å²) in [6.07, 6.45) is 2.43. The summed E-state index contributed by atoms with van der Waals surface area (Å²) in [7, 11) is 0. The van der Waals surface area contributed by atoms with Crippen molar-refractivity contribution in [3.63, 3.8) is 0 Å². The zero-order chi connectivity index (χ0) is 11.8. The van der Waals surface area contributed by atoms with E-state index in [4.69, 9.17) is 4.74 Å². The molecule has 1 aromatic carbocycles. The van der Waals surface area contributed by atoms with Crippen LogP contribution in [0.4, 0.5) is 0 Å². The van der Waals surface area contributed by atoms with E-state index in [1.807, 2.05) is 18.2 Å². The highest BCUT2D eigenvalue weighted by Crippen LogP contribution is 2.37. The minimum absolute atomic E-state index is 0.0366. The van der Waals surface area contributed by atoms with Gasteiger partial charge in [-0.1, -0.05) is 18.2 Å². The SMILES string of the molecule is CC(=O)c1cnc(C2Cc3ccccc3O2)s1. The molecule has 3 nitrogen and oxygen atoms in total. The van der Waals surface area contributed by atoms with Crippen LogP contribution >= 0.6 is 11.3 Å². The van der Waals surface area contributed by atoms with Crippen LogP contribution in [0.3, 0.4) is 0 Å². The Morgan fingerprint density at radius 3 is 3.00 bits per heavy atom. The number of rotatable bonds is 2. The smallest absolute Gasteiger partial charge is 0.171 e. The number of para-hydroxylation sites is 1. The van der Waals surface area contributed by atoms with Crippen LogP contribution in [0.1, 0.15) is 33.3 Å². The number of benzene rings is 1. The Balaban J connectivity index is 1.86. The van der Waals surface area contributed by atoms with Gasteiger partial charge in [0, 0.05) is 19.5 Å². The number of ketones is 1. The number of carbonyl (C=O) groups is 1. The summed E-state index contributed by atoms with van der Waals surface area (Å²) in [5.41, 5.74) is 1.21. The highest BCUT2D eigenvalue weighted by molar-refractivity contribution is 7.13. The second-order valence-corrected chi connectivity index (χ2v) is 5.10. The highest BCUT2D eigenvalue weighted by atomic mass is 32.1. The maximum Gasteiger partial charge on any atom is 0.171 e. The molecule has 0 saturated heterocycles. The lowest BCUT2D eigenvalue weighted by Crippen LogP contribution is -2.01. The number of Topliss-reactive ketones (excluding diaryl/α,β-unsaturated/α-hetero) is 1. The maximum atomic E-state index is 11.2. The fourth-order valence-corrected chi connectivity index (χ4v) is 2.76. The van der Waals surface area contributed by atoms with Crippen LogP contribution in [0.25, 0.3) is 0 Å². The first-order valence-corrected chi connectivity index (χ1v) is 6.27. The van der Waals surface area contributed by atoms with Crippen LogP contribution in [0, 0.1) is 0 Å². The number of hydrogen-bond acceptors (Lipinski definition) is 4. The quantitative estimate of drug-likeness (QED) is 0.763. The van der Waals surface area contributed by atoms with E-state index in [0.29, 0.717) is 4.88 Å². The Morgan fingerprint density at radius 2 is 2.29 bits per heavy atom. The Morgan fingerprint density at radius 1 is 1.47 bits per heavy atom. The zero-order valence-corrected chi connectivity index (χ0v) is 10.2. The van der Waals surface area contributed by atoms with Crippen LogP contribution in [0.15, 0.2) is 30.5 Å². The van der Waals surface area contributed by atoms with Gasteiger partial charge in [0.15, 0.2) is 11.9 Å². The summed E-state index contributed by atoms with van der Waals surface area (Å²) in [6, 6.07) is 8.00. The lowest BCUT2D eigenvalue weighted by Gasteiger charge is -2.05. The molecule has 0 saturated carbocycles. The van der Waals surface area contributed by atoms with Crippen molar-refractivity contribution in [2.24, 2.45) is 0 Å². The standard InChI is InChI=1S/C13H11NO2S/c1-8(15)12-7-14-13(17-12)11-6-9-4-2-3-5-10(9)16-11/h2-5,7,11H,6H2,1H3. The van der Waals surface area contributed by atoms with E-state index in [9.17, 15) is 4.79 Å². The molecule has 3 rings (SSSR count). The normalized spacial score (nSPS) is 17.6. The summed E-state index contributed by atoms with van der Waals surface area (Å²) >= 11 is 1.42. The summed E-state index contributed by atoms with van der Waals surface area (Å²) < 4.78 is 5.82. The molecule has 17 heavy (non-hydrogen) atoms. The van der Waals surface area contributed by atoms with Crippen molar-refractivity contribution in [2.45, 2.75) is 19.4 Å². The molecular formula is C13H11NO2S. The van der Waals surface area contributed by atoms with Gasteiger partial charge in [0.2, 0.25) is 0 Å². The fraction of sp³-hybridized carbons (Fsp3) is 0.231. The van der Waals surface area contributed by atoms with E-state index in [0.717, 1.165) is 17.2 Å². The predicted octanol–water partition coefficient (Wildman–Crippen LogP) is 3.02. The largest absolute Gasteiger partial charge is 0.483 e. The van der Waals surface area contributed by atoms with Crippen molar-refractivity contribution in [3.05, 3.63) is 45.9 Å². The number of carbonyl (C=O) groups excluding carboxylic acids is 1. The van der Waals surface area contributed by atoms with E-state index < -0.39 is 0 Å². The number of thiazole rings is 1. The van der Waals surface area contributed by atoms with E-state index in [2.05, 4.69) is 11.1 Å². The van der Waals surface area contributed by atoms with E-state index >= 15 is 0 Å². The van der Waals surface area contributed by atoms with Gasteiger partial charge in [0.1, 0.15) is 10.8 Å². The van der Waals surface area contributed by atoms with Crippen LogP contribution in [0.2, 0.25) is 0 Å². The Hall–Kier alpha value is -1.68. The molecule has 4 heteroatoms. The number of aromatic nitrogens is 1. The molecule has 0 aliphatic carbocycles. The Bertz CT molecular complexity index is 551. The van der Waals surface area contributed by atoms with Crippen molar-refractivity contribution in [1.29, 1.82) is 0 Å². The van der Waals surface area contributed by atoms with Gasteiger partial charge in [-0.05, 0) is 11.6 Å². The number of fused-ring (bicyclic) bond motifs is 1. The van der Waals surface area contributed by atoms with Crippen LogP contribution in [0.5, 0.6) is 5.75 Å². The van der Waals surface area contributed by atoms with Gasteiger partial charge in [-0.15, -0.1) is 11.3 Å². The molecule has 2 heterocycles. The average Bonchev–Trinajstić information content (AvgIpc) is 2.95. The van der Waals surface area contributed by atoms with Gasteiger partial charge >= 0.3 is 0 Å². The molecule has 1 aliphatic rings. The predicted molar refractivity (Wildman–Crippen MR) is 65.6 cm³/mol. The first-order chi connectivity index (χ1) is 8.24. The molecule has 0 amide bonds. The lowest BCUT2D eigenvalue weighted by molar-refractivity contribution is 0.102. The van der Waals surface area contributed by atoms with Crippen molar-refractivity contribution < 1.29 is 9.53 Å². The van der Waals surface area contributed by atoms with Gasteiger partial charge in [-0.3, -0.25) is 4.79 Å². The van der Waals surface area contributed by atoms with Gasteiger partial charge in [-0.2, -0.15) is 0 Å². The number of hydrogen-bond donors (Lipinski definition) is 0. The Labute approximate surface area is 103 Å². The van der Waals surface area contributed by atoms with Gasteiger partial charge in [0.25, 0.3) is 0 Å². The van der Waals surface area contributed by atoms with E-state index in [1.54, 1.807) is 13.1 Å². The molecule has 1 aromatic heterocycles. The van der Waals surface area contributed by atoms with E-state index in [-0.39, 0.29) is 11.9 Å². The van der Waals surface area contributed by atoms with Crippen LogP contribution in [-0.2, 0) is 6.42 Å². The molecule has 1 atom stereocenters. The molecule has 0 N–H and O–H groups in total. The van der Waals surface area contributed by atoms with Gasteiger partial charge in [-0.25, -0.2) is 4.98 Å². The maximum absolute atomic E-state index is 11.2. The Kier molecular flexibility index (Phi) is 2.44. The summed E-state index contributed by atoms with van der Waals surface area (Å²) in [5.74, 6) is 0.987. The van der Waals surface area contributed by atoms with Crippen molar-refractivity contribution in [2.75, 3.05) is 0 Å². The molecule has 0 spiro atoms. The molecule has 1 aliphatic heterocycles. The first-order valence-electron chi connectivity index (χ1n) is 5.45. The molecule has 0 fully saturated rings. The number of ether oxygens (including phenoxy) is 1. The second kappa shape index (κ2) is 3.96. The zero-order valence-electron chi connectivity index (χ0n) is 9.34. The van der Waals surface area contributed by atoms with Crippen molar-refractivity contribution in [3.8, 4) is 5.75 Å². The van der Waals surface area contributed by atoms with Gasteiger partial charge < -0.3 is 4.74 Å². The third-order valence-electron chi connectivity index (χ3n) is 2.79. The van der Waals surface area contributed by atoms with Crippen molar-refractivity contribution >= 4 is 17.1 Å². The molecule has 1 unspecified atom stereocenters. The molecule has 86 valence electrons. The molecule has 0 radical (unpaired) electrons. The minimum atomic E-state index is -0.0366. The first kappa shape index (κ1) is 10.5. The van der Waals surface area contributed by atoms with E-state index in [1.165, 1.54) is 16.9 Å². The summed E-state index contributed by atoms with van der Waals surface area (Å²) in [4.78, 5) is 16.2. The second-order valence-electron chi connectivity index (χ2n) is 4.04. The lowest BCUT2D eigenvalue weighted by atomic mass is 10.1. The topological polar surface area (TPSA) is 39.2 Å². The van der Waals surface area contributed by atoms with Crippen molar-refractivity contribution in [1.82, 2.24) is 4.98 Å². The van der Waals surface area contributed by atoms with Gasteiger partial charge in [0.05, 0.1) is 4.88 Å².